The first-order chi connectivity index (χ1) is 12.8. The highest BCUT2D eigenvalue weighted by molar-refractivity contribution is 6.33. The highest BCUT2D eigenvalue weighted by Gasteiger charge is 2.30. The van der Waals surface area contributed by atoms with E-state index in [2.05, 4.69) is 27.2 Å². The number of hydrazone groups is 1. The molecule has 1 aromatic heterocycles. The summed E-state index contributed by atoms with van der Waals surface area (Å²) in [5, 5.41) is 4.00. The number of aryl methyl sites for hydroxylation is 2. The molecule has 7 heteroatoms. The average Bonchev–Trinajstić information content (AvgIpc) is 2.95. The number of alkyl halides is 3. The lowest BCUT2D eigenvalue weighted by molar-refractivity contribution is -0.137. The number of hydrogen-bond acceptors (Lipinski definition) is 2. The summed E-state index contributed by atoms with van der Waals surface area (Å²) >= 11 is 5.89. The van der Waals surface area contributed by atoms with E-state index in [1.807, 2.05) is 38.1 Å². The lowest BCUT2D eigenvalue weighted by Crippen LogP contribution is -2.05. The van der Waals surface area contributed by atoms with Crippen molar-refractivity contribution >= 4 is 23.5 Å². The number of hydrogen-bond donors (Lipinski definition) is 1. The molecule has 2 aromatic carbocycles. The Hall–Kier alpha value is -2.73. The SMILES string of the molecule is Cc1ccc(C)n1-c1ccc(/C=N\Nc2ccc(C(F)(F)F)cc2Cl)cc1. The van der Waals surface area contributed by atoms with Crippen LogP contribution < -0.4 is 5.43 Å². The lowest BCUT2D eigenvalue weighted by Gasteiger charge is -2.10. The Balaban J connectivity index is 1.70. The molecule has 140 valence electrons. The topological polar surface area (TPSA) is 29.3 Å². The van der Waals surface area contributed by atoms with E-state index in [0.29, 0.717) is 5.69 Å². The van der Waals surface area contributed by atoms with Crippen LogP contribution in [0.3, 0.4) is 0 Å². The zero-order valence-corrected chi connectivity index (χ0v) is 15.4. The van der Waals surface area contributed by atoms with Crippen LogP contribution in [0.4, 0.5) is 18.9 Å². The van der Waals surface area contributed by atoms with E-state index in [4.69, 9.17) is 11.6 Å². The first-order valence-electron chi connectivity index (χ1n) is 8.17. The minimum Gasteiger partial charge on any atom is -0.319 e. The molecule has 0 atom stereocenters. The molecule has 0 radical (unpaired) electrons. The summed E-state index contributed by atoms with van der Waals surface area (Å²) in [6, 6.07) is 15.0. The molecular weight excluding hydrogens is 375 g/mol. The van der Waals surface area contributed by atoms with Crippen molar-refractivity contribution in [1.29, 1.82) is 0 Å². The fraction of sp³-hybridized carbons (Fsp3) is 0.150. The molecule has 3 rings (SSSR count). The van der Waals surface area contributed by atoms with Gasteiger partial charge in [-0.2, -0.15) is 18.3 Å². The fourth-order valence-corrected chi connectivity index (χ4v) is 2.97. The number of halogens is 4. The maximum Gasteiger partial charge on any atom is 0.416 e. The number of rotatable bonds is 4. The number of nitrogens with zero attached hydrogens (tertiary/aromatic N) is 2. The van der Waals surface area contributed by atoms with Gasteiger partial charge in [0.1, 0.15) is 0 Å². The molecule has 0 spiro atoms. The van der Waals surface area contributed by atoms with Gasteiger partial charge in [0.05, 0.1) is 22.5 Å². The zero-order valence-electron chi connectivity index (χ0n) is 14.7. The monoisotopic (exact) mass is 391 g/mol. The van der Waals surface area contributed by atoms with E-state index < -0.39 is 11.7 Å². The fourth-order valence-electron chi connectivity index (χ4n) is 2.74. The molecule has 27 heavy (non-hydrogen) atoms. The van der Waals surface area contributed by atoms with Gasteiger partial charge in [0.15, 0.2) is 0 Å². The minimum atomic E-state index is -4.43. The Kier molecular flexibility index (Phi) is 5.28. The largest absolute Gasteiger partial charge is 0.416 e. The standard InChI is InChI=1S/C20H17ClF3N3/c1-13-3-4-14(2)27(13)17-8-5-15(6-9-17)12-25-26-19-10-7-16(11-18(19)21)20(22,23)24/h3-12,26H,1-2H3/b25-12-. The van der Waals surface area contributed by atoms with Crippen molar-refractivity contribution in [3.8, 4) is 5.69 Å². The van der Waals surface area contributed by atoms with Crippen LogP contribution in [0.15, 0.2) is 59.7 Å². The van der Waals surface area contributed by atoms with Crippen molar-refractivity contribution < 1.29 is 13.2 Å². The molecule has 0 amide bonds. The van der Waals surface area contributed by atoms with Gasteiger partial charge in [0.25, 0.3) is 0 Å². The third-order valence-corrected chi connectivity index (χ3v) is 4.43. The number of nitrogens with one attached hydrogen (secondary N) is 1. The average molecular weight is 392 g/mol. The van der Waals surface area contributed by atoms with Crippen LogP contribution in [0, 0.1) is 13.8 Å². The second-order valence-electron chi connectivity index (χ2n) is 6.11. The summed E-state index contributed by atoms with van der Waals surface area (Å²) in [7, 11) is 0. The van der Waals surface area contributed by atoms with Gasteiger partial charge >= 0.3 is 6.18 Å². The predicted octanol–water partition coefficient (Wildman–Crippen LogP) is 6.21. The van der Waals surface area contributed by atoms with Gasteiger partial charge < -0.3 is 4.57 Å². The molecule has 0 unspecified atom stereocenters. The zero-order chi connectivity index (χ0) is 19.6. The van der Waals surface area contributed by atoms with Gasteiger partial charge in [0, 0.05) is 17.1 Å². The van der Waals surface area contributed by atoms with Crippen LogP contribution in [0.2, 0.25) is 5.02 Å². The van der Waals surface area contributed by atoms with Crippen molar-refractivity contribution in [2.75, 3.05) is 5.43 Å². The van der Waals surface area contributed by atoms with Gasteiger partial charge in [0.2, 0.25) is 0 Å². The highest BCUT2D eigenvalue weighted by Crippen LogP contribution is 2.33. The molecular formula is C20H17ClF3N3. The first kappa shape index (κ1) is 19.0. The normalized spacial score (nSPS) is 11.9. The third-order valence-electron chi connectivity index (χ3n) is 4.12. The molecule has 0 fully saturated rings. The van der Waals surface area contributed by atoms with E-state index >= 15 is 0 Å². The van der Waals surface area contributed by atoms with Crippen molar-refractivity contribution in [3.63, 3.8) is 0 Å². The highest BCUT2D eigenvalue weighted by atomic mass is 35.5. The Labute approximate surface area is 160 Å². The van der Waals surface area contributed by atoms with Crippen molar-refractivity contribution in [1.82, 2.24) is 4.57 Å². The Morgan fingerprint density at radius 2 is 1.59 bits per heavy atom. The van der Waals surface area contributed by atoms with Crippen molar-refractivity contribution in [2.24, 2.45) is 5.10 Å². The van der Waals surface area contributed by atoms with Gasteiger partial charge in [-0.25, -0.2) is 0 Å². The lowest BCUT2D eigenvalue weighted by atomic mass is 10.2. The Morgan fingerprint density at radius 1 is 0.963 bits per heavy atom. The summed E-state index contributed by atoms with van der Waals surface area (Å²) in [6.45, 7) is 4.08. The third kappa shape index (κ3) is 4.34. The second-order valence-corrected chi connectivity index (χ2v) is 6.51. The van der Waals surface area contributed by atoms with Gasteiger partial charge in [-0.15, -0.1) is 0 Å². The Bertz CT molecular complexity index is 954. The van der Waals surface area contributed by atoms with Crippen LogP contribution in [0.5, 0.6) is 0 Å². The maximum absolute atomic E-state index is 12.6. The minimum absolute atomic E-state index is 0.0455. The van der Waals surface area contributed by atoms with Crippen molar-refractivity contribution in [2.45, 2.75) is 20.0 Å². The predicted molar refractivity (Wildman–Crippen MR) is 103 cm³/mol. The molecule has 0 saturated carbocycles. The molecule has 0 aliphatic carbocycles. The van der Waals surface area contributed by atoms with Crippen LogP contribution in [-0.2, 0) is 6.18 Å². The van der Waals surface area contributed by atoms with Gasteiger partial charge in [-0.05, 0) is 61.9 Å². The molecule has 0 aliphatic rings. The van der Waals surface area contributed by atoms with E-state index in [9.17, 15) is 13.2 Å². The van der Waals surface area contributed by atoms with Crippen LogP contribution >= 0.6 is 11.6 Å². The quantitative estimate of drug-likeness (QED) is 0.415. The molecule has 3 aromatic rings. The Morgan fingerprint density at radius 3 is 2.15 bits per heavy atom. The van der Waals surface area contributed by atoms with E-state index in [1.165, 1.54) is 6.07 Å². The summed E-state index contributed by atoms with van der Waals surface area (Å²) in [5.41, 5.74) is 6.35. The van der Waals surface area contributed by atoms with Crippen LogP contribution in [-0.4, -0.2) is 10.8 Å². The molecule has 0 saturated heterocycles. The van der Waals surface area contributed by atoms with Gasteiger partial charge in [-0.3, -0.25) is 5.43 Å². The summed E-state index contributed by atoms with van der Waals surface area (Å²) in [5.74, 6) is 0. The summed E-state index contributed by atoms with van der Waals surface area (Å²) in [4.78, 5) is 0. The van der Waals surface area contributed by atoms with Crippen LogP contribution in [0.25, 0.3) is 5.69 Å². The van der Waals surface area contributed by atoms with E-state index in [0.717, 1.165) is 34.8 Å². The van der Waals surface area contributed by atoms with Crippen LogP contribution in [0.1, 0.15) is 22.5 Å². The van der Waals surface area contributed by atoms with Crippen molar-refractivity contribution in [3.05, 3.63) is 82.1 Å². The number of anilines is 1. The molecule has 0 bridgehead atoms. The molecule has 1 heterocycles. The molecule has 3 nitrogen and oxygen atoms in total. The van der Waals surface area contributed by atoms with Gasteiger partial charge in [-0.1, -0.05) is 23.7 Å². The second kappa shape index (κ2) is 7.48. The molecule has 0 aliphatic heterocycles. The summed E-state index contributed by atoms with van der Waals surface area (Å²) < 4.78 is 40.1. The first-order valence-corrected chi connectivity index (χ1v) is 8.55. The molecule has 1 N–H and O–H groups in total. The number of benzene rings is 2. The van der Waals surface area contributed by atoms with E-state index in [1.54, 1.807) is 6.21 Å². The summed E-state index contributed by atoms with van der Waals surface area (Å²) in [6.07, 6.45) is -2.85. The van der Waals surface area contributed by atoms with E-state index in [-0.39, 0.29) is 5.02 Å². The maximum atomic E-state index is 12.6. The smallest absolute Gasteiger partial charge is 0.319 e. The number of aromatic nitrogens is 1.